The predicted molar refractivity (Wildman–Crippen MR) is 60.3 cm³/mol. The van der Waals surface area contributed by atoms with Crippen molar-refractivity contribution in [2.45, 2.75) is 13.1 Å². The fourth-order valence-corrected chi connectivity index (χ4v) is 1.52. The molecular weight excluding hydrogens is 261 g/mol. The summed E-state index contributed by atoms with van der Waals surface area (Å²) >= 11 is 0. The lowest BCUT2D eigenvalue weighted by molar-refractivity contribution is -0.144. The van der Waals surface area contributed by atoms with E-state index in [1.165, 1.54) is 6.07 Å². The Bertz CT molecular complexity index is 633. The van der Waals surface area contributed by atoms with Crippen molar-refractivity contribution in [3.63, 3.8) is 0 Å². The first-order valence-corrected chi connectivity index (χ1v) is 5.21. The largest absolute Gasteiger partial charge is 0.453 e. The van der Waals surface area contributed by atoms with Gasteiger partial charge in [-0.25, -0.2) is 0 Å². The monoisotopic (exact) mass is 270 g/mol. The summed E-state index contributed by atoms with van der Waals surface area (Å²) in [7, 11) is 0. The maximum atomic E-state index is 12.4. The molecule has 0 bridgehead atoms. The minimum absolute atomic E-state index is 0.216. The van der Waals surface area contributed by atoms with E-state index in [1.807, 2.05) is 0 Å². The van der Waals surface area contributed by atoms with Crippen LogP contribution < -0.4 is 5.73 Å². The molecule has 0 aliphatic heterocycles. The molecule has 5 nitrogen and oxygen atoms in total. The summed E-state index contributed by atoms with van der Waals surface area (Å²) in [5.74, 6) is -2.79. The maximum absolute atomic E-state index is 12.4. The van der Waals surface area contributed by atoms with Gasteiger partial charge in [-0.1, -0.05) is 18.2 Å². The van der Waals surface area contributed by atoms with Gasteiger partial charge in [0, 0.05) is 5.56 Å². The summed E-state index contributed by atoms with van der Waals surface area (Å²) < 4.78 is 37.7. The number of anilines is 1. The standard InChI is InChI=1S/C11H9F3N4O/c1-6-4-2-3-5-7(6)8(19)18-10(15)16-9(17-18)11(12,13)14/h2-5H,1H3,(H2,15,16,17). The number of benzene rings is 1. The number of rotatable bonds is 1. The fourth-order valence-electron chi connectivity index (χ4n) is 1.52. The third kappa shape index (κ3) is 2.42. The van der Waals surface area contributed by atoms with Gasteiger partial charge >= 0.3 is 6.18 Å². The molecule has 0 radical (unpaired) electrons. The van der Waals surface area contributed by atoms with Crippen LogP contribution in [0.3, 0.4) is 0 Å². The zero-order chi connectivity index (χ0) is 14.2. The van der Waals surface area contributed by atoms with Crippen LogP contribution in [0.2, 0.25) is 0 Å². The molecule has 0 amide bonds. The van der Waals surface area contributed by atoms with Gasteiger partial charge in [-0.05, 0) is 18.6 Å². The van der Waals surface area contributed by atoms with Crippen LogP contribution in [0.25, 0.3) is 0 Å². The quantitative estimate of drug-likeness (QED) is 0.858. The van der Waals surface area contributed by atoms with Crippen LogP contribution in [0.5, 0.6) is 0 Å². The summed E-state index contributed by atoms with van der Waals surface area (Å²) in [6.07, 6.45) is -4.74. The van der Waals surface area contributed by atoms with E-state index >= 15 is 0 Å². The second-order valence-corrected chi connectivity index (χ2v) is 3.82. The SMILES string of the molecule is Cc1ccccc1C(=O)n1nc(C(F)(F)F)nc1N. The number of carbonyl (C=O) groups excluding carboxylic acids is 1. The lowest BCUT2D eigenvalue weighted by Gasteiger charge is -2.04. The molecule has 2 aromatic rings. The molecule has 1 heterocycles. The first-order chi connectivity index (χ1) is 8.80. The molecule has 2 rings (SSSR count). The Morgan fingerprint density at radius 2 is 1.95 bits per heavy atom. The lowest BCUT2D eigenvalue weighted by atomic mass is 10.1. The third-order valence-corrected chi connectivity index (χ3v) is 2.45. The second kappa shape index (κ2) is 4.38. The summed E-state index contributed by atoms with van der Waals surface area (Å²) in [4.78, 5) is 15.1. The zero-order valence-corrected chi connectivity index (χ0v) is 9.77. The fraction of sp³-hybridized carbons (Fsp3) is 0.182. The number of aromatic nitrogens is 3. The van der Waals surface area contributed by atoms with Crippen molar-refractivity contribution in [3.05, 3.63) is 41.2 Å². The van der Waals surface area contributed by atoms with Crippen LogP contribution in [0, 0.1) is 6.92 Å². The smallest absolute Gasteiger partial charge is 0.368 e. The third-order valence-electron chi connectivity index (χ3n) is 2.45. The molecule has 8 heteroatoms. The minimum atomic E-state index is -4.74. The highest BCUT2D eigenvalue weighted by atomic mass is 19.4. The van der Waals surface area contributed by atoms with Gasteiger partial charge in [-0.2, -0.15) is 22.8 Å². The Morgan fingerprint density at radius 1 is 1.32 bits per heavy atom. The van der Waals surface area contributed by atoms with E-state index in [2.05, 4.69) is 10.1 Å². The van der Waals surface area contributed by atoms with Gasteiger partial charge in [0.15, 0.2) is 0 Å². The molecule has 1 aromatic carbocycles. The summed E-state index contributed by atoms with van der Waals surface area (Å²) in [5, 5.41) is 3.10. The van der Waals surface area contributed by atoms with E-state index in [9.17, 15) is 18.0 Å². The number of alkyl halides is 3. The molecule has 0 saturated carbocycles. The maximum Gasteiger partial charge on any atom is 0.453 e. The lowest BCUT2D eigenvalue weighted by Crippen LogP contribution is -2.18. The number of nitrogens with zero attached hydrogens (tertiary/aromatic N) is 3. The highest BCUT2D eigenvalue weighted by molar-refractivity contribution is 5.97. The van der Waals surface area contributed by atoms with Crippen molar-refractivity contribution in [2.24, 2.45) is 0 Å². The van der Waals surface area contributed by atoms with Gasteiger partial charge < -0.3 is 5.73 Å². The Hall–Kier alpha value is -2.38. The van der Waals surface area contributed by atoms with Crippen molar-refractivity contribution >= 4 is 11.9 Å². The first-order valence-electron chi connectivity index (χ1n) is 5.21. The number of carbonyl (C=O) groups is 1. The van der Waals surface area contributed by atoms with Crippen LogP contribution in [0.15, 0.2) is 24.3 Å². The van der Waals surface area contributed by atoms with Crippen molar-refractivity contribution in [3.8, 4) is 0 Å². The number of nitrogens with two attached hydrogens (primary N) is 1. The van der Waals surface area contributed by atoms with E-state index in [1.54, 1.807) is 25.1 Å². The molecule has 0 fully saturated rings. The van der Waals surface area contributed by atoms with Gasteiger partial charge in [0.2, 0.25) is 5.95 Å². The van der Waals surface area contributed by atoms with Crippen LogP contribution in [-0.2, 0) is 6.18 Å². The first kappa shape index (κ1) is 13.1. The molecule has 0 atom stereocenters. The van der Waals surface area contributed by atoms with Gasteiger partial charge in [0.1, 0.15) is 0 Å². The average Bonchev–Trinajstić information content (AvgIpc) is 2.71. The molecule has 2 N–H and O–H groups in total. The van der Waals surface area contributed by atoms with Gasteiger partial charge in [-0.15, -0.1) is 5.10 Å². The molecule has 0 aliphatic rings. The highest BCUT2D eigenvalue weighted by Crippen LogP contribution is 2.27. The molecular formula is C11H9F3N4O. The Kier molecular flexibility index (Phi) is 3.01. The number of aryl methyl sites for hydroxylation is 1. The zero-order valence-electron chi connectivity index (χ0n) is 9.77. The van der Waals surface area contributed by atoms with E-state index < -0.39 is 23.9 Å². The molecule has 0 spiro atoms. The predicted octanol–water partition coefficient (Wildman–Crippen LogP) is 1.88. The minimum Gasteiger partial charge on any atom is -0.368 e. The van der Waals surface area contributed by atoms with Gasteiger partial charge in [-0.3, -0.25) is 4.79 Å². The van der Waals surface area contributed by atoms with Crippen molar-refractivity contribution in [2.75, 3.05) is 5.73 Å². The molecule has 1 aromatic heterocycles. The van der Waals surface area contributed by atoms with E-state index in [-0.39, 0.29) is 5.56 Å². The van der Waals surface area contributed by atoms with Crippen LogP contribution in [-0.4, -0.2) is 20.7 Å². The summed E-state index contributed by atoms with van der Waals surface area (Å²) in [6.45, 7) is 1.66. The Labute approximate surface area is 105 Å². The molecule has 0 aliphatic carbocycles. The average molecular weight is 270 g/mol. The van der Waals surface area contributed by atoms with Crippen molar-refractivity contribution in [1.29, 1.82) is 0 Å². The Morgan fingerprint density at radius 3 is 2.47 bits per heavy atom. The number of hydrogen-bond donors (Lipinski definition) is 1. The molecule has 19 heavy (non-hydrogen) atoms. The number of hydrogen-bond acceptors (Lipinski definition) is 4. The number of nitrogen functional groups attached to an aromatic ring is 1. The summed E-state index contributed by atoms with van der Waals surface area (Å²) in [6, 6.07) is 6.44. The highest BCUT2D eigenvalue weighted by Gasteiger charge is 2.37. The number of halogens is 3. The summed E-state index contributed by atoms with van der Waals surface area (Å²) in [5.41, 5.74) is 6.12. The molecule has 0 unspecified atom stereocenters. The van der Waals surface area contributed by atoms with Gasteiger partial charge in [0.05, 0.1) is 0 Å². The van der Waals surface area contributed by atoms with Crippen molar-refractivity contribution in [1.82, 2.24) is 14.8 Å². The second-order valence-electron chi connectivity index (χ2n) is 3.82. The van der Waals surface area contributed by atoms with Crippen molar-refractivity contribution < 1.29 is 18.0 Å². The normalized spacial score (nSPS) is 11.6. The topological polar surface area (TPSA) is 73.8 Å². The molecule has 100 valence electrons. The van der Waals surface area contributed by atoms with Crippen LogP contribution in [0.4, 0.5) is 19.1 Å². The van der Waals surface area contributed by atoms with E-state index in [4.69, 9.17) is 5.73 Å². The Balaban J connectivity index is 2.46. The van der Waals surface area contributed by atoms with E-state index in [0.717, 1.165) is 0 Å². The van der Waals surface area contributed by atoms with Crippen LogP contribution >= 0.6 is 0 Å². The molecule has 0 saturated heterocycles. The van der Waals surface area contributed by atoms with E-state index in [0.29, 0.717) is 10.2 Å². The van der Waals surface area contributed by atoms with Gasteiger partial charge in [0.25, 0.3) is 11.7 Å². The van der Waals surface area contributed by atoms with Crippen LogP contribution in [0.1, 0.15) is 21.7 Å².